The van der Waals surface area contributed by atoms with Crippen molar-refractivity contribution in [2.45, 2.75) is 26.4 Å². The Morgan fingerprint density at radius 1 is 1.28 bits per heavy atom. The average molecular weight is 343 g/mol. The van der Waals surface area contributed by atoms with E-state index in [9.17, 15) is 19.2 Å². The van der Waals surface area contributed by atoms with E-state index in [-0.39, 0.29) is 11.4 Å². The van der Waals surface area contributed by atoms with Crippen LogP contribution in [-0.2, 0) is 11.8 Å². The highest BCUT2D eigenvalue weighted by molar-refractivity contribution is 5.85. The maximum Gasteiger partial charge on any atom is 0.413 e. The SMILES string of the molecule is Cn1c(NC(=O)OC(C)(C)C)cc(-c2ccc(F)cc2)c(C#N)c1=O. The quantitative estimate of drug-likeness (QED) is 0.905. The lowest BCUT2D eigenvalue weighted by molar-refractivity contribution is 0.0634. The maximum absolute atomic E-state index is 13.1. The van der Waals surface area contributed by atoms with Gasteiger partial charge in [-0.05, 0) is 44.5 Å². The summed E-state index contributed by atoms with van der Waals surface area (Å²) in [6.45, 7) is 5.15. The molecule has 1 N–H and O–H groups in total. The number of ether oxygens (including phenoxy) is 1. The standard InChI is InChI=1S/C18H18FN3O3/c1-18(2,3)25-17(24)21-15-9-13(11-5-7-12(19)8-6-11)14(10-20)16(23)22(15)4/h5-9H,1-4H3,(H,21,24). The highest BCUT2D eigenvalue weighted by atomic mass is 19.1. The minimum absolute atomic E-state index is 0.0937. The number of amides is 1. The van der Waals surface area contributed by atoms with Gasteiger partial charge in [-0.15, -0.1) is 0 Å². The van der Waals surface area contributed by atoms with Crippen LogP contribution >= 0.6 is 0 Å². The summed E-state index contributed by atoms with van der Waals surface area (Å²) in [4.78, 5) is 24.4. The Hall–Kier alpha value is -3.14. The Bertz CT molecular complexity index is 903. The molecule has 130 valence electrons. The number of carbonyl (C=O) groups excluding carboxylic acids is 1. The normalized spacial score (nSPS) is 10.9. The summed E-state index contributed by atoms with van der Waals surface area (Å²) in [5.74, 6) is -0.268. The summed E-state index contributed by atoms with van der Waals surface area (Å²) in [5.41, 5.74) is -0.575. The number of benzene rings is 1. The van der Waals surface area contributed by atoms with Crippen LogP contribution in [0.15, 0.2) is 35.1 Å². The number of halogens is 1. The smallest absolute Gasteiger partial charge is 0.413 e. The number of rotatable bonds is 2. The van der Waals surface area contributed by atoms with Crippen molar-refractivity contribution in [3.8, 4) is 17.2 Å². The highest BCUT2D eigenvalue weighted by Gasteiger charge is 2.19. The minimum atomic E-state index is -0.725. The molecule has 1 aromatic heterocycles. The van der Waals surface area contributed by atoms with Crippen LogP contribution in [0.4, 0.5) is 15.0 Å². The van der Waals surface area contributed by atoms with E-state index in [1.165, 1.54) is 37.4 Å². The number of nitrogens with one attached hydrogen (secondary N) is 1. The summed E-state index contributed by atoms with van der Waals surface area (Å²) in [6.07, 6.45) is -0.725. The predicted octanol–water partition coefficient (Wildman–Crippen LogP) is 3.41. The van der Waals surface area contributed by atoms with Gasteiger partial charge in [-0.3, -0.25) is 14.7 Å². The molecule has 2 rings (SSSR count). The number of hydrogen-bond acceptors (Lipinski definition) is 4. The zero-order chi connectivity index (χ0) is 18.8. The van der Waals surface area contributed by atoms with E-state index in [0.29, 0.717) is 11.1 Å². The summed E-state index contributed by atoms with van der Waals surface area (Å²) in [7, 11) is 1.43. The van der Waals surface area contributed by atoms with Gasteiger partial charge in [-0.2, -0.15) is 5.26 Å². The van der Waals surface area contributed by atoms with Gasteiger partial charge in [-0.25, -0.2) is 9.18 Å². The van der Waals surface area contributed by atoms with E-state index in [2.05, 4.69) is 5.32 Å². The van der Waals surface area contributed by atoms with Gasteiger partial charge in [0.25, 0.3) is 5.56 Å². The molecule has 1 aromatic carbocycles. The first-order chi connectivity index (χ1) is 11.6. The van der Waals surface area contributed by atoms with Gasteiger partial charge in [0.1, 0.15) is 28.9 Å². The number of carbonyl (C=O) groups is 1. The van der Waals surface area contributed by atoms with Crippen LogP contribution in [0.3, 0.4) is 0 Å². The van der Waals surface area contributed by atoms with Crippen LogP contribution in [-0.4, -0.2) is 16.3 Å². The average Bonchev–Trinajstić information content (AvgIpc) is 2.50. The fourth-order valence-corrected chi connectivity index (χ4v) is 2.19. The monoisotopic (exact) mass is 343 g/mol. The molecule has 0 saturated heterocycles. The molecule has 0 aliphatic rings. The molecule has 0 spiro atoms. The van der Waals surface area contributed by atoms with Gasteiger partial charge in [0.15, 0.2) is 0 Å². The topological polar surface area (TPSA) is 84.1 Å². The van der Waals surface area contributed by atoms with Gasteiger partial charge >= 0.3 is 6.09 Å². The van der Waals surface area contributed by atoms with Crippen molar-refractivity contribution in [2.75, 3.05) is 5.32 Å². The maximum atomic E-state index is 13.1. The lowest BCUT2D eigenvalue weighted by Gasteiger charge is -2.20. The summed E-state index contributed by atoms with van der Waals surface area (Å²) < 4.78 is 19.5. The van der Waals surface area contributed by atoms with E-state index in [0.717, 1.165) is 4.57 Å². The molecule has 2 aromatic rings. The molecular weight excluding hydrogens is 325 g/mol. The van der Waals surface area contributed by atoms with Gasteiger partial charge in [0.2, 0.25) is 0 Å². The Labute approximate surface area is 144 Å². The molecule has 6 nitrogen and oxygen atoms in total. The number of nitrogens with zero attached hydrogens (tertiary/aromatic N) is 2. The summed E-state index contributed by atoms with van der Waals surface area (Å²) >= 11 is 0. The van der Waals surface area contributed by atoms with Crippen molar-refractivity contribution in [1.29, 1.82) is 5.26 Å². The third-order valence-corrected chi connectivity index (χ3v) is 3.33. The number of nitriles is 1. The Morgan fingerprint density at radius 3 is 2.40 bits per heavy atom. The van der Waals surface area contributed by atoms with Gasteiger partial charge in [-0.1, -0.05) is 12.1 Å². The zero-order valence-electron chi connectivity index (χ0n) is 14.4. The second-order valence-electron chi connectivity index (χ2n) is 6.43. The van der Waals surface area contributed by atoms with E-state index in [4.69, 9.17) is 4.74 Å². The molecule has 1 amide bonds. The molecule has 0 aliphatic carbocycles. The van der Waals surface area contributed by atoms with Crippen molar-refractivity contribution in [3.05, 3.63) is 52.1 Å². The lowest BCUT2D eigenvalue weighted by Crippen LogP contribution is -2.30. The van der Waals surface area contributed by atoms with Crippen LogP contribution in [0, 0.1) is 17.1 Å². The first-order valence-corrected chi connectivity index (χ1v) is 7.52. The van der Waals surface area contributed by atoms with E-state index in [1.807, 2.05) is 6.07 Å². The summed E-state index contributed by atoms with van der Waals surface area (Å²) in [6, 6.07) is 8.73. The largest absolute Gasteiger partial charge is 0.444 e. The molecule has 0 fully saturated rings. The molecule has 7 heteroatoms. The predicted molar refractivity (Wildman–Crippen MR) is 91.6 cm³/mol. The minimum Gasteiger partial charge on any atom is -0.444 e. The van der Waals surface area contributed by atoms with Crippen LogP contribution in [0.2, 0.25) is 0 Å². The molecular formula is C18H18FN3O3. The third-order valence-electron chi connectivity index (χ3n) is 3.33. The molecule has 1 heterocycles. The molecule has 0 bridgehead atoms. The number of hydrogen-bond donors (Lipinski definition) is 1. The molecule has 0 saturated carbocycles. The van der Waals surface area contributed by atoms with Gasteiger partial charge in [0.05, 0.1) is 0 Å². The van der Waals surface area contributed by atoms with Crippen molar-refractivity contribution in [1.82, 2.24) is 4.57 Å². The second kappa shape index (κ2) is 6.77. The Morgan fingerprint density at radius 2 is 1.88 bits per heavy atom. The number of aromatic nitrogens is 1. The lowest BCUT2D eigenvalue weighted by atomic mass is 10.0. The van der Waals surface area contributed by atoms with Crippen molar-refractivity contribution < 1.29 is 13.9 Å². The summed E-state index contributed by atoms with van der Waals surface area (Å²) in [5, 5.41) is 11.8. The van der Waals surface area contributed by atoms with Gasteiger partial charge in [0, 0.05) is 12.6 Å². The number of anilines is 1. The van der Waals surface area contributed by atoms with Gasteiger partial charge < -0.3 is 4.74 Å². The fourth-order valence-electron chi connectivity index (χ4n) is 2.19. The van der Waals surface area contributed by atoms with Crippen molar-refractivity contribution in [3.63, 3.8) is 0 Å². The van der Waals surface area contributed by atoms with E-state index >= 15 is 0 Å². The number of pyridine rings is 1. The third kappa shape index (κ3) is 4.23. The second-order valence-corrected chi connectivity index (χ2v) is 6.43. The van der Waals surface area contributed by atoms with Crippen molar-refractivity contribution >= 4 is 11.9 Å². The molecule has 0 aliphatic heterocycles. The first-order valence-electron chi connectivity index (χ1n) is 7.52. The fraction of sp³-hybridized carbons (Fsp3) is 0.278. The van der Waals surface area contributed by atoms with Crippen molar-refractivity contribution in [2.24, 2.45) is 7.05 Å². The van der Waals surface area contributed by atoms with E-state index in [1.54, 1.807) is 20.8 Å². The van der Waals surface area contributed by atoms with Crippen LogP contribution in [0.1, 0.15) is 26.3 Å². The Balaban J connectivity index is 2.53. The molecule has 0 radical (unpaired) electrons. The molecule has 25 heavy (non-hydrogen) atoms. The molecule has 0 atom stereocenters. The van der Waals surface area contributed by atoms with Crippen LogP contribution in [0.5, 0.6) is 0 Å². The highest BCUT2D eigenvalue weighted by Crippen LogP contribution is 2.25. The zero-order valence-corrected chi connectivity index (χ0v) is 14.4. The molecule has 0 unspecified atom stereocenters. The van der Waals surface area contributed by atoms with Crippen LogP contribution < -0.4 is 10.9 Å². The van der Waals surface area contributed by atoms with Crippen LogP contribution in [0.25, 0.3) is 11.1 Å². The van der Waals surface area contributed by atoms with E-state index < -0.39 is 23.1 Å². The first kappa shape index (κ1) is 18.2. The Kier molecular flexibility index (Phi) is 4.93.